The van der Waals surface area contributed by atoms with Crippen LogP contribution in [0.1, 0.15) is 47.5 Å². The lowest BCUT2D eigenvalue weighted by atomic mass is 9.97. The number of aromatic nitrogens is 3. The second kappa shape index (κ2) is 8.49. The summed E-state index contributed by atoms with van der Waals surface area (Å²) in [7, 11) is 3.48. The number of methoxy groups -OCH3 is 1. The summed E-state index contributed by atoms with van der Waals surface area (Å²) in [4.78, 5) is 21.0. The zero-order valence-electron chi connectivity index (χ0n) is 20.9. The zero-order valence-corrected chi connectivity index (χ0v) is 22.6. The number of hydrogen-bond acceptors (Lipinski definition) is 7. The molecule has 182 valence electrons. The van der Waals surface area contributed by atoms with Crippen molar-refractivity contribution in [2.24, 2.45) is 0 Å². The molecule has 35 heavy (non-hydrogen) atoms. The van der Waals surface area contributed by atoms with Crippen molar-refractivity contribution >= 4 is 28.6 Å². The molecule has 0 N–H and O–H groups in total. The number of thiazole rings is 1. The average Bonchev–Trinajstić information content (AvgIpc) is 3.54. The van der Waals surface area contributed by atoms with E-state index in [1.807, 2.05) is 69.2 Å². The Kier molecular flexibility index (Phi) is 5.72. The number of aryl methyl sites for hydroxylation is 2. The minimum absolute atomic E-state index is 0.127. The van der Waals surface area contributed by atoms with E-state index in [9.17, 15) is 4.79 Å². The summed E-state index contributed by atoms with van der Waals surface area (Å²) in [5, 5.41) is 9.88. The molecule has 7 nitrogen and oxygen atoms in total. The molecule has 0 atom stereocenters. The molecular formula is C26H28N4O3S2. The van der Waals surface area contributed by atoms with E-state index in [4.69, 9.17) is 14.6 Å². The second-order valence-electron chi connectivity index (χ2n) is 9.59. The number of nitrogens with zero attached hydrogens (tertiary/aromatic N) is 4. The summed E-state index contributed by atoms with van der Waals surface area (Å²) < 4.78 is 13.8. The SMILES string of the molecule is COc1cc2c(cc1-c1sc(C)nc1C)-c1c(c(C(=O)N(C)C(C)(C)C)nn1-c1ccsc1)CO2. The number of thiophene rings is 1. The fourth-order valence-electron chi connectivity index (χ4n) is 4.21. The van der Waals surface area contributed by atoms with Gasteiger partial charge in [-0.3, -0.25) is 4.79 Å². The summed E-state index contributed by atoms with van der Waals surface area (Å²) in [5.41, 5.74) is 5.43. The van der Waals surface area contributed by atoms with Crippen molar-refractivity contribution in [3.8, 4) is 38.9 Å². The fourth-order valence-corrected chi connectivity index (χ4v) is 5.76. The topological polar surface area (TPSA) is 69.5 Å². The molecule has 0 bridgehead atoms. The first-order chi connectivity index (χ1) is 16.6. The molecule has 1 aromatic carbocycles. The van der Waals surface area contributed by atoms with Crippen molar-refractivity contribution in [2.75, 3.05) is 14.2 Å². The number of benzene rings is 1. The lowest BCUT2D eigenvalue weighted by molar-refractivity contribution is 0.0646. The summed E-state index contributed by atoms with van der Waals surface area (Å²) in [6, 6.07) is 6.02. The lowest BCUT2D eigenvalue weighted by Crippen LogP contribution is -2.43. The minimum atomic E-state index is -0.342. The summed E-state index contributed by atoms with van der Waals surface area (Å²) >= 11 is 3.23. The highest BCUT2D eigenvalue weighted by Crippen LogP contribution is 2.47. The van der Waals surface area contributed by atoms with Gasteiger partial charge >= 0.3 is 0 Å². The molecule has 0 aliphatic carbocycles. The van der Waals surface area contributed by atoms with Crippen LogP contribution in [0.15, 0.2) is 29.0 Å². The van der Waals surface area contributed by atoms with Gasteiger partial charge in [0.25, 0.3) is 5.91 Å². The molecular weight excluding hydrogens is 480 g/mol. The first kappa shape index (κ1) is 23.6. The van der Waals surface area contributed by atoms with E-state index < -0.39 is 0 Å². The molecule has 0 radical (unpaired) electrons. The molecule has 0 saturated carbocycles. The monoisotopic (exact) mass is 508 g/mol. The van der Waals surface area contributed by atoms with Gasteiger partial charge < -0.3 is 14.4 Å². The van der Waals surface area contributed by atoms with E-state index in [0.717, 1.165) is 49.4 Å². The Morgan fingerprint density at radius 1 is 1.23 bits per heavy atom. The highest BCUT2D eigenvalue weighted by atomic mass is 32.1. The van der Waals surface area contributed by atoms with Crippen LogP contribution < -0.4 is 9.47 Å². The number of carbonyl (C=O) groups excluding carboxylic acids is 1. The van der Waals surface area contributed by atoms with Crippen LogP contribution in [0.5, 0.6) is 11.5 Å². The summed E-state index contributed by atoms with van der Waals surface area (Å²) in [6.45, 7) is 10.3. The zero-order chi connectivity index (χ0) is 25.1. The van der Waals surface area contributed by atoms with Gasteiger partial charge in [0.2, 0.25) is 0 Å². The van der Waals surface area contributed by atoms with Crippen LogP contribution in [0, 0.1) is 13.8 Å². The highest BCUT2D eigenvalue weighted by Gasteiger charge is 2.34. The first-order valence-electron chi connectivity index (χ1n) is 11.3. The molecule has 0 unspecified atom stereocenters. The van der Waals surface area contributed by atoms with Crippen molar-refractivity contribution in [1.82, 2.24) is 19.7 Å². The van der Waals surface area contributed by atoms with E-state index in [2.05, 4.69) is 11.1 Å². The molecule has 1 aliphatic rings. The van der Waals surface area contributed by atoms with Crippen LogP contribution in [0.25, 0.3) is 27.4 Å². The molecule has 3 aromatic heterocycles. The van der Waals surface area contributed by atoms with Crippen LogP contribution >= 0.6 is 22.7 Å². The van der Waals surface area contributed by atoms with Gasteiger partial charge in [0.15, 0.2) is 5.69 Å². The predicted molar refractivity (Wildman–Crippen MR) is 140 cm³/mol. The quantitative estimate of drug-likeness (QED) is 0.333. The van der Waals surface area contributed by atoms with Crippen molar-refractivity contribution in [2.45, 2.75) is 46.8 Å². The number of rotatable bonds is 4. The second-order valence-corrected chi connectivity index (χ2v) is 11.6. The molecule has 0 fully saturated rings. The van der Waals surface area contributed by atoms with Gasteiger partial charge in [-0.15, -0.1) is 11.3 Å². The largest absolute Gasteiger partial charge is 0.496 e. The van der Waals surface area contributed by atoms with Gasteiger partial charge in [-0.25, -0.2) is 9.67 Å². The lowest BCUT2D eigenvalue weighted by Gasteiger charge is -2.31. The maximum Gasteiger partial charge on any atom is 0.274 e. The number of carbonyl (C=O) groups is 1. The standard InChI is InChI=1S/C26H28N4O3S2/c1-14-24(35-15(2)27-14)18-10-17-21(11-20(18)32-7)33-12-19-22(25(31)29(6)26(3,4)5)28-30(23(17)19)16-8-9-34-13-16/h8-11,13H,12H2,1-7H3. The van der Waals surface area contributed by atoms with E-state index >= 15 is 0 Å². The number of fused-ring (bicyclic) bond motifs is 3. The Labute approximate surface area is 213 Å². The molecule has 1 amide bonds. The number of amides is 1. The fraction of sp³-hybridized carbons (Fsp3) is 0.346. The van der Waals surface area contributed by atoms with Crippen LogP contribution in [0.3, 0.4) is 0 Å². The average molecular weight is 509 g/mol. The smallest absolute Gasteiger partial charge is 0.274 e. The van der Waals surface area contributed by atoms with Crippen LogP contribution in [-0.2, 0) is 6.61 Å². The Hall–Kier alpha value is -3.17. The predicted octanol–water partition coefficient (Wildman–Crippen LogP) is 6.11. The molecule has 0 saturated heterocycles. The van der Waals surface area contributed by atoms with Crippen molar-refractivity contribution in [3.05, 3.63) is 50.9 Å². The van der Waals surface area contributed by atoms with E-state index in [1.54, 1.807) is 34.7 Å². The molecule has 0 spiro atoms. The van der Waals surface area contributed by atoms with Gasteiger partial charge in [0, 0.05) is 40.7 Å². The van der Waals surface area contributed by atoms with Crippen molar-refractivity contribution in [3.63, 3.8) is 0 Å². The Morgan fingerprint density at radius 2 is 2.00 bits per heavy atom. The maximum absolute atomic E-state index is 13.6. The van der Waals surface area contributed by atoms with Crippen molar-refractivity contribution in [1.29, 1.82) is 0 Å². The van der Waals surface area contributed by atoms with E-state index in [-0.39, 0.29) is 18.1 Å². The number of hydrogen-bond donors (Lipinski definition) is 0. The van der Waals surface area contributed by atoms with Gasteiger partial charge in [-0.2, -0.15) is 16.4 Å². The van der Waals surface area contributed by atoms with Crippen LogP contribution in [0.2, 0.25) is 0 Å². The highest BCUT2D eigenvalue weighted by molar-refractivity contribution is 7.15. The Morgan fingerprint density at radius 3 is 2.60 bits per heavy atom. The van der Waals surface area contributed by atoms with Gasteiger partial charge in [-0.1, -0.05) is 0 Å². The number of ether oxygens (including phenoxy) is 2. The van der Waals surface area contributed by atoms with Gasteiger partial charge in [0.1, 0.15) is 18.1 Å². The Bertz CT molecular complexity index is 1430. The molecule has 5 rings (SSSR count). The Balaban J connectivity index is 1.76. The first-order valence-corrected chi connectivity index (χ1v) is 13.1. The van der Waals surface area contributed by atoms with Gasteiger partial charge in [-0.05, 0) is 52.1 Å². The third-order valence-corrected chi connectivity index (χ3v) is 8.10. The van der Waals surface area contributed by atoms with E-state index in [1.165, 1.54) is 0 Å². The van der Waals surface area contributed by atoms with E-state index in [0.29, 0.717) is 11.4 Å². The normalized spacial score (nSPS) is 12.7. The third-order valence-electron chi connectivity index (χ3n) is 6.32. The summed E-state index contributed by atoms with van der Waals surface area (Å²) in [6.07, 6.45) is 0. The minimum Gasteiger partial charge on any atom is -0.496 e. The molecule has 4 aromatic rings. The molecule has 1 aliphatic heterocycles. The van der Waals surface area contributed by atoms with Crippen molar-refractivity contribution < 1.29 is 14.3 Å². The van der Waals surface area contributed by atoms with Crippen LogP contribution in [-0.4, -0.2) is 45.3 Å². The molecule has 9 heteroatoms. The maximum atomic E-state index is 13.6. The molecule has 4 heterocycles. The third kappa shape index (κ3) is 3.92. The van der Waals surface area contributed by atoms with Gasteiger partial charge in [0.05, 0.1) is 34.1 Å². The summed E-state index contributed by atoms with van der Waals surface area (Å²) in [5.74, 6) is 1.30. The van der Waals surface area contributed by atoms with Crippen LogP contribution in [0.4, 0.5) is 0 Å².